The van der Waals surface area contributed by atoms with Gasteiger partial charge in [0.2, 0.25) is 0 Å². The molecule has 4 aromatic rings. The first-order chi connectivity index (χ1) is 20.8. The second-order valence-corrected chi connectivity index (χ2v) is 12.2. The van der Waals surface area contributed by atoms with Gasteiger partial charge in [0.05, 0.1) is 23.6 Å². The highest BCUT2D eigenvalue weighted by Crippen LogP contribution is 2.42. The average Bonchev–Trinajstić information content (AvgIpc) is 3.65. The zero-order chi connectivity index (χ0) is 30.2. The molecule has 2 atom stereocenters. The molecule has 8 nitrogen and oxygen atoms in total. The number of benzene rings is 2. The number of fused-ring (bicyclic) bond motifs is 2. The summed E-state index contributed by atoms with van der Waals surface area (Å²) in [5.74, 6) is -2.15. The van der Waals surface area contributed by atoms with Gasteiger partial charge >= 0.3 is 6.01 Å². The van der Waals surface area contributed by atoms with Crippen molar-refractivity contribution in [2.45, 2.75) is 31.3 Å². The predicted octanol–water partition coefficient (Wildman–Crippen LogP) is 6.19. The van der Waals surface area contributed by atoms with Gasteiger partial charge in [-0.25, -0.2) is 8.78 Å². The van der Waals surface area contributed by atoms with Crippen molar-refractivity contribution >= 4 is 55.7 Å². The number of hydrogen-bond acceptors (Lipinski definition) is 8. The van der Waals surface area contributed by atoms with Crippen molar-refractivity contribution < 1.29 is 18.3 Å². The van der Waals surface area contributed by atoms with E-state index in [1.165, 1.54) is 16.2 Å². The van der Waals surface area contributed by atoms with Gasteiger partial charge in [-0.3, -0.25) is 4.79 Å². The molecule has 2 aliphatic rings. The Hall–Kier alpha value is -3.85. The van der Waals surface area contributed by atoms with Crippen LogP contribution in [0.25, 0.3) is 32.1 Å². The summed E-state index contributed by atoms with van der Waals surface area (Å²) in [6, 6.07) is 11.0. The maximum atomic E-state index is 16.6. The van der Waals surface area contributed by atoms with Crippen LogP contribution in [0.1, 0.15) is 19.3 Å². The molecule has 0 spiro atoms. The standard InChI is InChI=1S/C31H29ClF2N6O2S/c1-18(33)30(41)40-13-12-39(16-20(40)8-10-35)29-23-15-24(32)25(22-7-3-5-19-9-14-43-28(19)22)26(34)27(23)36-31(37-29)42-17-21-6-4-11-38(21)2/h3,5,7,9,14-15,20-21H,1,4,6,8,11-13,16-17H2,2H3/t20-,21-/m0/s1. The predicted molar refractivity (Wildman–Crippen MR) is 165 cm³/mol. The van der Waals surface area contributed by atoms with Gasteiger partial charge in [-0.2, -0.15) is 15.2 Å². The largest absolute Gasteiger partial charge is 0.462 e. The van der Waals surface area contributed by atoms with E-state index in [0.29, 0.717) is 23.4 Å². The highest BCUT2D eigenvalue weighted by Gasteiger charge is 2.34. The van der Waals surface area contributed by atoms with Crippen molar-refractivity contribution in [3.63, 3.8) is 0 Å². The SMILES string of the molecule is C=C(F)C(=O)N1CCN(c2nc(OC[C@@H]3CCCN3C)nc3c(F)c(-c4cccc5ccsc45)c(Cl)cc23)C[C@@H]1CC#N. The number of aromatic nitrogens is 2. The topological polar surface area (TPSA) is 85.6 Å². The highest BCUT2D eigenvalue weighted by molar-refractivity contribution is 7.17. The van der Waals surface area contributed by atoms with E-state index in [9.17, 15) is 14.4 Å². The number of nitrogens with zero attached hydrogens (tertiary/aromatic N) is 6. The Kier molecular flexibility index (Phi) is 8.18. The second kappa shape index (κ2) is 12.0. The molecule has 0 aliphatic carbocycles. The Labute approximate surface area is 256 Å². The van der Waals surface area contributed by atoms with E-state index in [1.807, 2.05) is 41.6 Å². The normalized spacial score (nSPS) is 19.2. The van der Waals surface area contributed by atoms with Gasteiger partial charge < -0.3 is 19.4 Å². The number of nitriles is 1. The number of piperazine rings is 1. The number of thiophene rings is 1. The van der Waals surface area contributed by atoms with Crippen molar-refractivity contribution in [1.29, 1.82) is 5.26 Å². The van der Waals surface area contributed by atoms with Gasteiger partial charge in [-0.05, 0) is 49.3 Å². The lowest BCUT2D eigenvalue weighted by Gasteiger charge is -2.41. The number of likely N-dealkylation sites (N-methyl/N-ethyl adjacent to an activating group) is 1. The van der Waals surface area contributed by atoms with Crippen LogP contribution in [-0.2, 0) is 4.79 Å². The van der Waals surface area contributed by atoms with Crippen molar-refractivity contribution in [2.75, 3.05) is 44.7 Å². The Bertz CT molecular complexity index is 1770. The number of rotatable bonds is 7. The molecule has 0 N–H and O–H groups in total. The van der Waals surface area contributed by atoms with E-state index >= 15 is 4.39 Å². The minimum Gasteiger partial charge on any atom is -0.462 e. The second-order valence-electron chi connectivity index (χ2n) is 10.9. The van der Waals surface area contributed by atoms with Crippen molar-refractivity contribution in [1.82, 2.24) is 19.8 Å². The number of amides is 1. The summed E-state index contributed by atoms with van der Waals surface area (Å²) in [5.41, 5.74) is 0.965. The van der Waals surface area contributed by atoms with Crippen LogP contribution in [0.2, 0.25) is 5.02 Å². The number of carbonyl (C=O) groups is 1. The average molecular weight is 623 g/mol. The molecular formula is C31H29ClF2N6O2S. The molecule has 0 bridgehead atoms. The number of hydrogen-bond donors (Lipinski definition) is 0. The zero-order valence-electron chi connectivity index (χ0n) is 23.5. The van der Waals surface area contributed by atoms with E-state index in [2.05, 4.69) is 22.5 Å². The lowest BCUT2D eigenvalue weighted by Crippen LogP contribution is -2.55. The number of likely N-dealkylation sites (tertiary alicyclic amines) is 1. The third kappa shape index (κ3) is 5.51. The van der Waals surface area contributed by atoms with Gasteiger partial charge in [-0.15, -0.1) is 11.3 Å². The maximum absolute atomic E-state index is 16.6. The van der Waals surface area contributed by atoms with Crippen molar-refractivity contribution in [3.05, 3.63) is 59.0 Å². The Morgan fingerprint density at radius 3 is 2.84 bits per heavy atom. The minimum absolute atomic E-state index is 0.0248. The number of ether oxygens (including phenoxy) is 1. The molecule has 0 unspecified atom stereocenters. The summed E-state index contributed by atoms with van der Waals surface area (Å²) in [5, 5.41) is 13.0. The molecule has 4 heterocycles. The molecule has 1 amide bonds. The maximum Gasteiger partial charge on any atom is 0.319 e. The molecule has 2 aromatic carbocycles. The first-order valence-electron chi connectivity index (χ1n) is 14.0. The molecule has 222 valence electrons. The first kappa shape index (κ1) is 29.2. The molecular weight excluding hydrogens is 594 g/mol. The third-order valence-corrected chi connectivity index (χ3v) is 9.53. The van der Waals surface area contributed by atoms with E-state index in [-0.39, 0.29) is 54.2 Å². The Morgan fingerprint density at radius 2 is 2.09 bits per heavy atom. The number of carbonyl (C=O) groups excluding carboxylic acids is 1. The summed E-state index contributed by atoms with van der Waals surface area (Å²) in [4.78, 5) is 27.1. The Morgan fingerprint density at radius 1 is 1.26 bits per heavy atom. The van der Waals surface area contributed by atoms with Gasteiger partial charge in [0.1, 0.15) is 17.9 Å². The molecule has 12 heteroatoms. The van der Waals surface area contributed by atoms with Crippen LogP contribution >= 0.6 is 22.9 Å². The van der Waals surface area contributed by atoms with Crippen LogP contribution in [0.15, 0.2) is 48.1 Å². The van der Waals surface area contributed by atoms with E-state index in [0.717, 1.165) is 29.5 Å². The zero-order valence-corrected chi connectivity index (χ0v) is 25.1. The van der Waals surface area contributed by atoms with Gasteiger partial charge in [0.15, 0.2) is 11.6 Å². The number of anilines is 1. The molecule has 2 aliphatic heterocycles. The molecule has 0 saturated carbocycles. The molecule has 43 heavy (non-hydrogen) atoms. The van der Waals surface area contributed by atoms with Crippen molar-refractivity contribution in [2.24, 2.45) is 0 Å². The summed E-state index contributed by atoms with van der Waals surface area (Å²) in [6.07, 6.45) is 2.01. The van der Waals surface area contributed by atoms with Crippen LogP contribution in [0, 0.1) is 17.1 Å². The highest BCUT2D eigenvalue weighted by atomic mass is 35.5. The lowest BCUT2D eigenvalue weighted by atomic mass is 10.0. The van der Waals surface area contributed by atoms with Crippen LogP contribution < -0.4 is 9.64 Å². The molecule has 2 fully saturated rings. The summed E-state index contributed by atoms with van der Waals surface area (Å²) < 4.78 is 37.4. The summed E-state index contributed by atoms with van der Waals surface area (Å²) >= 11 is 8.31. The van der Waals surface area contributed by atoms with Gasteiger partial charge in [0, 0.05) is 46.9 Å². The van der Waals surface area contributed by atoms with Crippen LogP contribution in [0.5, 0.6) is 6.01 Å². The molecule has 6 rings (SSSR count). The van der Waals surface area contributed by atoms with Crippen LogP contribution in [0.3, 0.4) is 0 Å². The fourth-order valence-electron chi connectivity index (χ4n) is 6.01. The van der Waals surface area contributed by atoms with Crippen molar-refractivity contribution in [3.8, 4) is 23.2 Å². The lowest BCUT2D eigenvalue weighted by molar-refractivity contribution is -0.131. The monoisotopic (exact) mass is 622 g/mol. The fourth-order valence-corrected chi connectivity index (χ4v) is 7.23. The molecule has 2 saturated heterocycles. The van der Waals surface area contributed by atoms with Crippen LogP contribution in [0.4, 0.5) is 14.6 Å². The number of halogens is 3. The first-order valence-corrected chi connectivity index (χ1v) is 15.3. The van der Waals surface area contributed by atoms with Gasteiger partial charge in [0.25, 0.3) is 5.91 Å². The quantitative estimate of drug-likeness (QED) is 0.227. The smallest absolute Gasteiger partial charge is 0.319 e. The molecule has 2 aromatic heterocycles. The summed E-state index contributed by atoms with van der Waals surface area (Å²) in [7, 11) is 2.04. The van der Waals surface area contributed by atoms with Crippen LogP contribution in [-0.4, -0.2) is 77.6 Å². The van der Waals surface area contributed by atoms with E-state index in [4.69, 9.17) is 21.3 Å². The van der Waals surface area contributed by atoms with E-state index < -0.39 is 23.6 Å². The fraction of sp³-hybridized carbons (Fsp3) is 0.355. The third-order valence-electron chi connectivity index (χ3n) is 8.27. The van der Waals surface area contributed by atoms with Gasteiger partial charge in [-0.1, -0.05) is 36.4 Å². The minimum atomic E-state index is -1.08. The Balaban J connectivity index is 1.46. The summed E-state index contributed by atoms with van der Waals surface area (Å²) in [6.45, 7) is 4.99. The van der Waals surface area contributed by atoms with E-state index in [1.54, 1.807) is 6.07 Å². The molecule has 0 radical (unpaired) electrons.